The molecule has 1 heterocycles. The Bertz CT molecular complexity index is 1220. The fourth-order valence-electron chi connectivity index (χ4n) is 3.84. The molecule has 10 heteroatoms. The van der Waals surface area contributed by atoms with Crippen LogP contribution in [0.5, 0.6) is 0 Å². The fraction of sp³-hybridized carbons (Fsp3) is 0.333. The SMILES string of the molecule is CN(C)CCCN1C(=O)C(=O)/C(=C(/O)c2ccc(S(=O)(=O)N(C)C)cc2)[C@@H]1c1cccc(Br)c1. The number of likely N-dealkylation sites (tertiary alicyclic amines) is 1. The van der Waals surface area contributed by atoms with E-state index in [1.807, 2.05) is 31.1 Å². The Balaban J connectivity index is 2.09. The molecule has 1 aliphatic heterocycles. The average Bonchev–Trinajstić information content (AvgIpc) is 3.03. The van der Waals surface area contributed by atoms with Gasteiger partial charge in [0.05, 0.1) is 16.5 Å². The highest BCUT2D eigenvalue weighted by molar-refractivity contribution is 9.10. The van der Waals surface area contributed by atoms with Crippen LogP contribution in [0.2, 0.25) is 0 Å². The quantitative estimate of drug-likeness (QED) is 0.308. The Kier molecular flexibility index (Phi) is 7.97. The van der Waals surface area contributed by atoms with Crippen molar-refractivity contribution >= 4 is 43.4 Å². The van der Waals surface area contributed by atoms with Crippen molar-refractivity contribution in [2.24, 2.45) is 0 Å². The molecule has 0 aliphatic carbocycles. The van der Waals surface area contributed by atoms with E-state index in [1.165, 1.54) is 43.3 Å². The zero-order valence-corrected chi connectivity index (χ0v) is 21.9. The van der Waals surface area contributed by atoms with Gasteiger partial charge in [-0.1, -0.05) is 28.1 Å². The molecule has 0 aromatic heterocycles. The molecule has 1 atom stereocenters. The van der Waals surface area contributed by atoms with Gasteiger partial charge in [0.15, 0.2) is 0 Å². The zero-order chi connectivity index (χ0) is 25.2. The van der Waals surface area contributed by atoms with Crippen LogP contribution < -0.4 is 0 Å². The summed E-state index contributed by atoms with van der Waals surface area (Å²) in [7, 11) is 3.07. The predicted molar refractivity (Wildman–Crippen MR) is 134 cm³/mol. The number of carbonyl (C=O) groups is 2. The molecular weight excluding hydrogens is 522 g/mol. The number of ketones is 1. The molecule has 8 nitrogen and oxygen atoms in total. The van der Waals surface area contributed by atoms with Crippen molar-refractivity contribution in [2.45, 2.75) is 17.4 Å². The van der Waals surface area contributed by atoms with Crippen LogP contribution in [-0.2, 0) is 19.6 Å². The van der Waals surface area contributed by atoms with Crippen molar-refractivity contribution in [1.29, 1.82) is 0 Å². The summed E-state index contributed by atoms with van der Waals surface area (Å²) in [6.07, 6.45) is 0.654. The number of aliphatic hydroxyl groups is 1. The number of halogens is 1. The van der Waals surface area contributed by atoms with Crippen molar-refractivity contribution < 1.29 is 23.1 Å². The molecule has 2 aromatic carbocycles. The van der Waals surface area contributed by atoms with Gasteiger partial charge in [-0.15, -0.1) is 0 Å². The molecule has 0 unspecified atom stereocenters. The number of aliphatic hydroxyl groups excluding tert-OH is 1. The molecule has 1 saturated heterocycles. The largest absolute Gasteiger partial charge is 0.507 e. The topological polar surface area (TPSA) is 98.2 Å². The lowest BCUT2D eigenvalue weighted by Gasteiger charge is -2.26. The highest BCUT2D eigenvalue weighted by Gasteiger charge is 2.45. The number of sulfonamides is 1. The maximum absolute atomic E-state index is 13.1. The summed E-state index contributed by atoms with van der Waals surface area (Å²) in [4.78, 5) is 29.6. The molecule has 1 amide bonds. The van der Waals surface area contributed by atoms with Crippen molar-refractivity contribution in [3.8, 4) is 0 Å². The van der Waals surface area contributed by atoms with Crippen molar-refractivity contribution in [1.82, 2.24) is 14.1 Å². The van der Waals surface area contributed by atoms with E-state index >= 15 is 0 Å². The number of carbonyl (C=O) groups excluding carboxylic acids is 2. The first-order valence-electron chi connectivity index (χ1n) is 10.7. The lowest BCUT2D eigenvalue weighted by molar-refractivity contribution is -0.139. The van der Waals surface area contributed by atoms with E-state index in [0.29, 0.717) is 18.5 Å². The minimum absolute atomic E-state index is 0.0174. The van der Waals surface area contributed by atoms with Gasteiger partial charge in [-0.05, 0) is 69.0 Å². The first-order valence-corrected chi connectivity index (χ1v) is 12.9. The van der Waals surface area contributed by atoms with Crippen LogP contribution in [0.25, 0.3) is 5.76 Å². The van der Waals surface area contributed by atoms with Gasteiger partial charge in [-0.2, -0.15) is 0 Å². The van der Waals surface area contributed by atoms with Crippen LogP contribution in [0.4, 0.5) is 0 Å². The second-order valence-corrected chi connectivity index (χ2v) is 11.6. The van der Waals surface area contributed by atoms with Crippen molar-refractivity contribution in [3.05, 3.63) is 69.7 Å². The van der Waals surface area contributed by atoms with E-state index < -0.39 is 27.8 Å². The van der Waals surface area contributed by atoms with E-state index in [2.05, 4.69) is 15.9 Å². The Morgan fingerprint density at radius 2 is 1.71 bits per heavy atom. The van der Waals surface area contributed by atoms with Crippen LogP contribution in [-0.4, -0.2) is 80.6 Å². The van der Waals surface area contributed by atoms with E-state index in [4.69, 9.17) is 0 Å². The number of rotatable bonds is 8. The summed E-state index contributed by atoms with van der Waals surface area (Å²) < 4.78 is 26.6. The summed E-state index contributed by atoms with van der Waals surface area (Å²) in [5, 5.41) is 11.1. The van der Waals surface area contributed by atoms with Gasteiger partial charge < -0.3 is 14.9 Å². The van der Waals surface area contributed by atoms with E-state index in [-0.39, 0.29) is 21.8 Å². The Labute approximate surface area is 208 Å². The Hall–Kier alpha value is -2.53. The maximum Gasteiger partial charge on any atom is 0.295 e. The lowest BCUT2D eigenvalue weighted by atomic mass is 9.95. The normalized spacial score (nSPS) is 18.3. The van der Waals surface area contributed by atoms with Crippen LogP contribution in [0.3, 0.4) is 0 Å². The van der Waals surface area contributed by atoms with Gasteiger partial charge in [-0.25, -0.2) is 12.7 Å². The molecule has 0 saturated carbocycles. The standard InChI is InChI=1S/C24H28BrN3O5S/c1-26(2)13-6-14-28-21(17-7-5-8-18(25)15-17)20(23(30)24(28)31)22(29)16-9-11-19(12-10-16)34(32,33)27(3)4/h5,7-12,15,21,29H,6,13-14H2,1-4H3/b22-20+/t21-/m0/s1. The number of nitrogens with zero attached hydrogens (tertiary/aromatic N) is 3. The fourth-order valence-corrected chi connectivity index (χ4v) is 5.16. The van der Waals surface area contributed by atoms with Gasteiger partial charge in [0.2, 0.25) is 10.0 Å². The first-order chi connectivity index (χ1) is 15.9. The summed E-state index contributed by atoms with van der Waals surface area (Å²) in [5.74, 6) is -1.78. The predicted octanol–water partition coefficient (Wildman–Crippen LogP) is 3.07. The van der Waals surface area contributed by atoms with Crippen LogP contribution in [0, 0.1) is 0 Å². The van der Waals surface area contributed by atoms with E-state index in [9.17, 15) is 23.1 Å². The summed E-state index contributed by atoms with van der Waals surface area (Å²) >= 11 is 3.44. The number of Topliss-reactive ketones (excluding diaryl/α,β-unsaturated/α-hetero) is 1. The molecular formula is C24H28BrN3O5S. The monoisotopic (exact) mass is 549 g/mol. The van der Waals surface area contributed by atoms with E-state index in [0.717, 1.165) is 15.3 Å². The third-order valence-corrected chi connectivity index (χ3v) is 7.94. The van der Waals surface area contributed by atoms with Crippen molar-refractivity contribution in [3.63, 3.8) is 0 Å². The van der Waals surface area contributed by atoms with Crippen LogP contribution in [0.15, 0.2) is 63.5 Å². The maximum atomic E-state index is 13.1. The van der Waals surface area contributed by atoms with E-state index in [1.54, 1.807) is 12.1 Å². The average molecular weight is 550 g/mol. The zero-order valence-electron chi connectivity index (χ0n) is 19.5. The molecule has 1 fully saturated rings. The number of benzene rings is 2. The summed E-state index contributed by atoms with van der Waals surface area (Å²) in [6.45, 7) is 1.08. The molecule has 0 radical (unpaired) electrons. The number of hydrogen-bond acceptors (Lipinski definition) is 6. The number of amides is 1. The minimum atomic E-state index is -3.65. The van der Waals surface area contributed by atoms with Crippen LogP contribution in [0.1, 0.15) is 23.6 Å². The smallest absolute Gasteiger partial charge is 0.295 e. The van der Waals surface area contributed by atoms with Gasteiger partial charge in [-0.3, -0.25) is 9.59 Å². The van der Waals surface area contributed by atoms with Gasteiger partial charge >= 0.3 is 0 Å². The minimum Gasteiger partial charge on any atom is -0.507 e. The molecule has 34 heavy (non-hydrogen) atoms. The second-order valence-electron chi connectivity index (χ2n) is 8.52. The molecule has 2 aromatic rings. The Morgan fingerprint density at radius 1 is 1.06 bits per heavy atom. The second kappa shape index (κ2) is 10.4. The highest BCUT2D eigenvalue weighted by Crippen LogP contribution is 2.40. The van der Waals surface area contributed by atoms with Crippen LogP contribution >= 0.6 is 15.9 Å². The molecule has 3 rings (SSSR count). The summed E-state index contributed by atoms with van der Waals surface area (Å²) in [5.41, 5.74) is 0.923. The molecule has 1 aliphatic rings. The molecule has 0 bridgehead atoms. The third kappa shape index (κ3) is 5.25. The van der Waals surface area contributed by atoms with Gasteiger partial charge in [0.1, 0.15) is 5.76 Å². The number of hydrogen-bond donors (Lipinski definition) is 1. The molecule has 1 N–H and O–H groups in total. The highest BCUT2D eigenvalue weighted by atomic mass is 79.9. The van der Waals surface area contributed by atoms with Crippen molar-refractivity contribution in [2.75, 3.05) is 41.3 Å². The first kappa shape index (κ1) is 26.1. The Morgan fingerprint density at radius 3 is 2.26 bits per heavy atom. The lowest BCUT2D eigenvalue weighted by Crippen LogP contribution is -2.32. The van der Waals surface area contributed by atoms with Gasteiger partial charge in [0.25, 0.3) is 11.7 Å². The van der Waals surface area contributed by atoms with Gasteiger partial charge in [0, 0.05) is 30.7 Å². The molecule has 182 valence electrons. The molecule has 0 spiro atoms. The summed E-state index contributed by atoms with van der Waals surface area (Å²) in [6, 6.07) is 12.1. The third-order valence-electron chi connectivity index (χ3n) is 5.62.